The van der Waals surface area contributed by atoms with Crippen LogP contribution >= 0.6 is 0 Å². The van der Waals surface area contributed by atoms with Gasteiger partial charge >= 0.3 is 0 Å². The first-order chi connectivity index (χ1) is 12.2. The highest BCUT2D eigenvalue weighted by Crippen LogP contribution is 2.34. The summed E-state index contributed by atoms with van der Waals surface area (Å²) in [6.45, 7) is 4.69. The summed E-state index contributed by atoms with van der Waals surface area (Å²) in [5, 5.41) is 9.66. The lowest BCUT2D eigenvalue weighted by Gasteiger charge is -2.41. The van der Waals surface area contributed by atoms with Crippen LogP contribution in [0, 0.1) is 5.41 Å². The van der Waals surface area contributed by atoms with E-state index in [9.17, 15) is 5.11 Å². The second-order valence-electron chi connectivity index (χ2n) is 7.21. The molecule has 2 fully saturated rings. The van der Waals surface area contributed by atoms with Crippen molar-refractivity contribution in [3.8, 4) is 0 Å². The topological polar surface area (TPSA) is 85.5 Å². The average molecular weight is 347 g/mol. The number of nitrogens with zero attached hydrogens (tertiary/aromatic N) is 5. The van der Waals surface area contributed by atoms with Gasteiger partial charge in [-0.3, -0.25) is 0 Å². The Kier molecular flexibility index (Phi) is 4.35. The molecule has 0 radical (unpaired) electrons. The molecule has 8 nitrogen and oxygen atoms in total. The molecule has 0 unspecified atom stereocenters. The minimum atomic E-state index is -0.219. The highest BCUT2D eigenvalue weighted by atomic mass is 16.5. The first-order valence-electron chi connectivity index (χ1n) is 8.84. The summed E-state index contributed by atoms with van der Waals surface area (Å²) in [6, 6.07) is 0.420. The van der Waals surface area contributed by atoms with Gasteiger partial charge in [0.15, 0.2) is 17.0 Å². The summed E-state index contributed by atoms with van der Waals surface area (Å²) in [5.74, 6) is 0.853. The number of hydrogen-bond acceptors (Lipinski definition) is 7. The van der Waals surface area contributed by atoms with E-state index in [0.29, 0.717) is 31.9 Å². The molecule has 1 saturated carbocycles. The Morgan fingerprint density at radius 2 is 2.16 bits per heavy atom. The van der Waals surface area contributed by atoms with Crippen LogP contribution in [0.25, 0.3) is 11.2 Å². The molecule has 4 rings (SSSR count). The van der Waals surface area contributed by atoms with Crippen molar-refractivity contribution in [1.82, 2.24) is 19.5 Å². The third kappa shape index (κ3) is 2.88. The number of aliphatic hydroxyl groups excluding tert-OH is 1. The molecule has 0 bridgehead atoms. The monoisotopic (exact) mass is 347 g/mol. The Hall–Kier alpha value is -1.77. The van der Waals surface area contributed by atoms with E-state index in [4.69, 9.17) is 9.47 Å². The van der Waals surface area contributed by atoms with Gasteiger partial charge in [0.1, 0.15) is 6.33 Å². The molecular formula is C17H25N5O3. The number of imidazole rings is 1. The number of hydrogen-bond donors (Lipinski definition) is 1. The number of aliphatic hydroxyl groups is 1. The fourth-order valence-corrected chi connectivity index (χ4v) is 3.63. The maximum atomic E-state index is 9.66. The highest BCUT2D eigenvalue weighted by Gasteiger charge is 2.39. The number of ether oxygens (including phenoxy) is 2. The third-order valence-corrected chi connectivity index (χ3v) is 5.39. The van der Waals surface area contributed by atoms with Gasteiger partial charge in [0.05, 0.1) is 37.7 Å². The number of anilines is 1. The van der Waals surface area contributed by atoms with Crippen molar-refractivity contribution in [2.45, 2.75) is 38.5 Å². The lowest BCUT2D eigenvalue weighted by molar-refractivity contribution is -0.144. The van der Waals surface area contributed by atoms with E-state index >= 15 is 0 Å². The van der Waals surface area contributed by atoms with Gasteiger partial charge in [-0.05, 0) is 19.8 Å². The van der Waals surface area contributed by atoms with Crippen LogP contribution in [-0.2, 0) is 16.0 Å². The van der Waals surface area contributed by atoms with E-state index in [1.54, 1.807) is 12.7 Å². The largest absolute Gasteiger partial charge is 0.396 e. The maximum Gasteiger partial charge on any atom is 0.165 e. The van der Waals surface area contributed by atoms with Gasteiger partial charge in [-0.15, -0.1) is 0 Å². The summed E-state index contributed by atoms with van der Waals surface area (Å²) in [4.78, 5) is 15.6. The van der Waals surface area contributed by atoms with Crippen molar-refractivity contribution in [3.63, 3.8) is 0 Å². The smallest absolute Gasteiger partial charge is 0.165 e. The summed E-state index contributed by atoms with van der Waals surface area (Å²) in [6.07, 6.45) is 5.77. The standard InChI is InChI=1S/C17H25N5O3/c1-3-25-13-4-12(5-13)21(2)15-14-16(19-10-18-15)22(11-20-14)6-17(7-23)8-24-9-17/h10-13,23H,3-9H2,1-2H3. The van der Waals surface area contributed by atoms with Crippen LogP contribution in [0.2, 0.25) is 0 Å². The zero-order valence-corrected chi connectivity index (χ0v) is 14.8. The summed E-state index contributed by atoms with van der Waals surface area (Å²) in [5.41, 5.74) is 1.39. The number of aromatic nitrogens is 4. The minimum Gasteiger partial charge on any atom is -0.396 e. The van der Waals surface area contributed by atoms with E-state index in [-0.39, 0.29) is 12.0 Å². The first-order valence-corrected chi connectivity index (χ1v) is 8.84. The van der Waals surface area contributed by atoms with Crippen LogP contribution < -0.4 is 4.90 Å². The number of fused-ring (bicyclic) bond motifs is 1. The Morgan fingerprint density at radius 3 is 2.80 bits per heavy atom. The van der Waals surface area contributed by atoms with Gasteiger partial charge in [0, 0.05) is 26.2 Å². The second-order valence-corrected chi connectivity index (χ2v) is 7.21. The molecule has 136 valence electrons. The van der Waals surface area contributed by atoms with Gasteiger partial charge in [0.2, 0.25) is 0 Å². The Morgan fingerprint density at radius 1 is 1.36 bits per heavy atom. The van der Waals surface area contributed by atoms with Crippen molar-refractivity contribution < 1.29 is 14.6 Å². The molecule has 8 heteroatoms. The zero-order chi connectivity index (χ0) is 17.4. The van der Waals surface area contributed by atoms with Crippen LogP contribution in [0.4, 0.5) is 5.82 Å². The molecule has 2 aromatic heterocycles. The maximum absolute atomic E-state index is 9.66. The van der Waals surface area contributed by atoms with Crippen LogP contribution in [0.5, 0.6) is 0 Å². The predicted molar refractivity (Wildman–Crippen MR) is 92.5 cm³/mol. The van der Waals surface area contributed by atoms with Crippen LogP contribution in [0.15, 0.2) is 12.7 Å². The molecule has 2 aromatic rings. The molecule has 0 amide bonds. The predicted octanol–water partition coefficient (Wildman–Crippen LogP) is 0.839. The van der Waals surface area contributed by atoms with Gasteiger partial charge in [-0.25, -0.2) is 15.0 Å². The molecule has 0 aromatic carbocycles. The number of rotatable bonds is 7. The van der Waals surface area contributed by atoms with Crippen molar-refractivity contribution in [1.29, 1.82) is 0 Å². The molecule has 1 N–H and O–H groups in total. The molecule has 1 saturated heterocycles. The molecular weight excluding hydrogens is 322 g/mol. The average Bonchev–Trinajstić information content (AvgIpc) is 2.96. The molecule has 3 heterocycles. The second kappa shape index (κ2) is 6.51. The van der Waals surface area contributed by atoms with Gasteiger partial charge in [0.25, 0.3) is 0 Å². The van der Waals surface area contributed by atoms with E-state index in [1.165, 1.54) is 0 Å². The zero-order valence-electron chi connectivity index (χ0n) is 14.8. The van der Waals surface area contributed by atoms with Crippen molar-refractivity contribution in [2.24, 2.45) is 5.41 Å². The molecule has 25 heavy (non-hydrogen) atoms. The fraction of sp³-hybridized carbons (Fsp3) is 0.706. The Bertz CT molecular complexity index is 733. The van der Waals surface area contributed by atoms with Gasteiger partial charge < -0.3 is 24.0 Å². The van der Waals surface area contributed by atoms with Gasteiger partial charge in [-0.2, -0.15) is 0 Å². The van der Waals surface area contributed by atoms with E-state index in [0.717, 1.165) is 36.4 Å². The van der Waals surface area contributed by atoms with Crippen LogP contribution in [0.3, 0.4) is 0 Å². The summed E-state index contributed by atoms with van der Waals surface area (Å²) in [7, 11) is 2.06. The van der Waals surface area contributed by atoms with Gasteiger partial charge in [-0.1, -0.05) is 0 Å². The Labute approximate surface area is 146 Å². The highest BCUT2D eigenvalue weighted by molar-refractivity contribution is 5.83. The molecule has 0 atom stereocenters. The lowest BCUT2D eigenvalue weighted by Crippen LogP contribution is -2.48. The van der Waals surface area contributed by atoms with E-state index in [1.807, 2.05) is 11.5 Å². The Balaban J connectivity index is 1.55. The van der Waals surface area contributed by atoms with Crippen molar-refractivity contribution in [2.75, 3.05) is 38.4 Å². The van der Waals surface area contributed by atoms with Crippen LogP contribution in [-0.4, -0.2) is 70.2 Å². The molecule has 1 aliphatic carbocycles. The van der Waals surface area contributed by atoms with Crippen LogP contribution in [0.1, 0.15) is 19.8 Å². The normalized spacial score (nSPS) is 24.8. The van der Waals surface area contributed by atoms with Crippen molar-refractivity contribution in [3.05, 3.63) is 12.7 Å². The molecule has 1 aliphatic heterocycles. The lowest BCUT2D eigenvalue weighted by atomic mass is 9.87. The van der Waals surface area contributed by atoms with Crippen molar-refractivity contribution >= 4 is 17.0 Å². The summed E-state index contributed by atoms with van der Waals surface area (Å²) >= 11 is 0. The quantitative estimate of drug-likeness (QED) is 0.794. The van der Waals surface area contributed by atoms with E-state index < -0.39 is 0 Å². The third-order valence-electron chi connectivity index (χ3n) is 5.39. The fourth-order valence-electron chi connectivity index (χ4n) is 3.63. The minimum absolute atomic E-state index is 0.103. The molecule has 0 spiro atoms. The first kappa shape index (κ1) is 16.7. The summed E-state index contributed by atoms with van der Waals surface area (Å²) < 4.78 is 12.9. The van der Waals surface area contributed by atoms with E-state index in [2.05, 4.69) is 26.9 Å². The molecule has 2 aliphatic rings. The SMILES string of the molecule is CCOC1CC(N(C)c2ncnc3c2ncn3CC2(CO)COC2)C1.